The van der Waals surface area contributed by atoms with E-state index in [9.17, 15) is 9.18 Å². The van der Waals surface area contributed by atoms with Crippen molar-refractivity contribution in [1.82, 2.24) is 0 Å². The lowest BCUT2D eigenvalue weighted by atomic mass is 10.1. The summed E-state index contributed by atoms with van der Waals surface area (Å²) in [5, 5.41) is 3.87. The number of nitrogens with one attached hydrogen (secondary N) is 1. The van der Waals surface area contributed by atoms with Gasteiger partial charge in [-0.2, -0.15) is 0 Å². The van der Waals surface area contributed by atoms with Crippen LogP contribution >= 0.6 is 34.8 Å². The van der Waals surface area contributed by atoms with Crippen molar-refractivity contribution >= 4 is 46.4 Å². The van der Waals surface area contributed by atoms with Crippen LogP contribution in [0.4, 0.5) is 10.1 Å². The lowest BCUT2D eigenvalue weighted by Crippen LogP contribution is -2.12. The standard InChI is InChI=1S/C14H10Cl3FN2O/c15-9-2-3-10(16)13(17)8(9)6-20-12-5-7(14(19)21)1-4-11(12)18/h1-5,20H,6H2,(H2,19,21). The number of nitrogens with two attached hydrogens (primary N) is 1. The Morgan fingerprint density at radius 2 is 1.81 bits per heavy atom. The van der Waals surface area contributed by atoms with Gasteiger partial charge in [0.15, 0.2) is 0 Å². The minimum absolute atomic E-state index is 0.124. The molecule has 0 aliphatic rings. The van der Waals surface area contributed by atoms with E-state index in [-0.39, 0.29) is 17.8 Å². The second kappa shape index (κ2) is 6.52. The topological polar surface area (TPSA) is 55.1 Å². The summed E-state index contributed by atoms with van der Waals surface area (Å²) in [5.41, 5.74) is 6.02. The highest BCUT2D eigenvalue weighted by atomic mass is 35.5. The molecule has 0 atom stereocenters. The molecule has 0 saturated heterocycles. The van der Waals surface area contributed by atoms with Gasteiger partial charge in [-0.1, -0.05) is 34.8 Å². The quantitative estimate of drug-likeness (QED) is 0.800. The number of hydrogen-bond donors (Lipinski definition) is 2. The third-order valence-electron chi connectivity index (χ3n) is 2.85. The SMILES string of the molecule is NC(=O)c1ccc(F)c(NCc2c(Cl)ccc(Cl)c2Cl)c1. The Balaban J connectivity index is 2.26. The van der Waals surface area contributed by atoms with Gasteiger partial charge in [0.25, 0.3) is 0 Å². The van der Waals surface area contributed by atoms with E-state index in [2.05, 4.69) is 5.32 Å². The van der Waals surface area contributed by atoms with Crippen molar-refractivity contribution in [2.75, 3.05) is 5.32 Å². The van der Waals surface area contributed by atoms with E-state index in [1.54, 1.807) is 12.1 Å². The molecule has 0 saturated carbocycles. The summed E-state index contributed by atoms with van der Waals surface area (Å²) in [6.07, 6.45) is 0. The molecule has 1 amide bonds. The number of amides is 1. The van der Waals surface area contributed by atoms with Crippen LogP contribution in [-0.4, -0.2) is 5.91 Å². The summed E-state index contributed by atoms with van der Waals surface area (Å²) >= 11 is 18.0. The molecular weight excluding hydrogens is 338 g/mol. The van der Waals surface area contributed by atoms with Crippen LogP contribution in [0, 0.1) is 5.82 Å². The molecule has 2 aromatic rings. The van der Waals surface area contributed by atoms with Gasteiger partial charge >= 0.3 is 0 Å². The molecule has 110 valence electrons. The average Bonchev–Trinajstić information content (AvgIpc) is 2.44. The number of halogens is 4. The van der Waals surface area contributed by atoms with E-state index in [1.807, 2.05) is 0 Å². The van der Waals surface area contributed by atoms with Gasteiger partial charge in [0.1, 0.15) is 5.82 Å². The van der Waals surface area contributed by atoms with Gasteiger partial charge in [-0.15, -0.1) is 0 Å². The highest BCUT2D eigenvalue weighted by Crippen LogP contribution is 2.32. The molecule has 0 aromatic heterocycles. The summed E-state index contributed by atoms with van der Waals surface area (Å²) in [6, 6.07) is 6.96. The van der Waals surface area contributed by atoms with Crippen molar-refractivity contribution in [3.63, 3.8) is 0 Å². The first-order chi connectivity index (χ1) is 9.90. The number of carbonyl (C=O) groups is 1. The fraction of sp³-hybridized carbons (Fsp3) is 0.0714. The molecule has 2 aromatic carbocycles. The van der Waals surface area contributed by atoms with Crippen molar-refractivity contribution in [1.29, 1.82) is 0 Å². The van der Waals surface area contributed by atoms with Gasteiger partial charge in [-0.3, -0.25) is 4.79 Å². The lowest BCUT2D eigenvalue weighted by Gasteiger charge is -2.12. The number of primary amides is 1. The Kier molecular flexibility index (Phi) is 4.93. The van der Waals surface area contributed by atoms with Gasteiger partial charge in [0, 0.05) is 22.7 Å². The zero-order chi connectivity index (χ0) is 15.6. The fourth-order valence-corrected chi connectivity index (χ4v) is 2.41. The summed E-state index contributed by atoms with van der Waals surface area (Å²) in [6.45, 7) is 0.150. The third-order valence-corrected chi connectivity index (χ3v) is 4.04. The molecule has 0 bridgehead atoms. The van der Waals surface area contributed by atoms with Crippen molar-refractivity contribution in [2.45, 2.75) is 6.54 Å². The number of benzene rings is 2. The Bertz CT molecular complexity index is 707. The molecule has 0 fully saturated rings. The first kappa shape index (κ1) is 15.9. The van der Waals surface area contributed by atoms with Gasteiger partial charge in [0.2, 0.25) is 5.91 Å². The summed E-state index contributed by atoms with van der Waals surface area (Å²) in [7, 11) is 0. The highest BCUT2D eigenvalue weighted by Gasteiger charge is 2.11. The maximum atomic E-state index is 13.7. The summed E-state index contributed by atoms with van der Waals surface area (Å²) in [4.78, 5) is 11.1. The van der Waals surface area contributed by atoms with Gasteiger partial charge in [-0.05, 0) is 30.3 Å². The number of hydrogen-bond acceptors (Lipinski definition) is 2. The van der Waals surface area contributed by atoms with Crippen LogP contribution in [0.2, 0.25) is 15.1 Å². The van der Waals surface area contributed by atoms with Crippen molar-refractivity contribution in [3.05, 3.63) is 62.3 Å². The van der Waals surface area contributed by atoms with Gasteiger partial charge < -0.3 is 11.1 Å². The molecule has 0 aliphatic carbocycles. The monoisotopic (exact) mass is 346 g/mol. The predicted molar refractivity (Wildman–Crippen MR) is 83.7 cm³/mol. The van der Waals surface area contributed by atoms with Gasteiger partial charge in [-0.25, -0.2) is 4.39 Å². The van der Waals surface area contributed by atoms with Crippen LogP contribution in [0.5, 0.6) is 0 Å². The largest absolute Gasteiger partial charge is 0.378 e. The number of carbonyl (C=O) groups excluding carboxylic acids is 1. The van der Waals surface area contributed by atoms with Crippen LogP contribution in [-0.2, 0) is 6.54 Å². The van der Waals surface area contributed by atoms with Crippen molar-refractivity contribution in [3.8, 4) is 0 Å². The van der Waals surface area contributed by atoms with E-state index < -0.39 is 11.7 Å². The average molecular weight is 348 g/mol. The molecule has 0 radical (unpaired) electrons. The van der Waals surface area contributed by atoms with Crippen molar-refractivity contribution < 1.29 is 9.18 Å². The van der Waals surface area contributed by atoms with Gasteiger partial charge in [0.05, 0.1) is 15.7 Å². The lowest BCUT2D eigenvalue weighted by molar-refractivity contribution is 0.100. The van der Waals surface area contributed by atoms with Crippen molar-refractivity contribution in [2.24, 2.45) is 5.73 Å². The molecule has 0 heterocycles. The second-order valence-corrected chi connectivity index (χ2v) is 5.43. The summed E-state index contributed by atoms with van der Waals surface area (Å²) < 4.78 is 13.7. The minimum atomic E-state index is -0.642. The molecule has 21 heavy (non-hydrogen) atoms. The maximum absolute atomic E-state index is 13.7. The highest BCUT2D eigenvalue weighted by molar-refractivity contribution is 6.44. The van der Waals surface area contributed by atoms with Crippen LogP contribution in [0.3, 0.4) is 0 Å². The number of rotatable bonds is 4. The molecule has 0 aliphatic heterocycles. The minimum Gasteiger partial charge on any atom is -0.378 e. The van der Waals surface area contributed by atoms with Crippen LogP contribution in [0.1, 0.15) is 15.9 Å². The van der Waals surface area contributed by atoms with E-state index in [0.717, 1.165) is 6.07 Å². The molecule has 0 unspecified atom stereocenters. The van der Waals surface area contributed by atoms with E-state index >= 15 is 0 Å². The molecule has 0 spiro atoms. The fourth-order valence-electron chi connectivity index (χ4n) is 1.73. The van der Waals surface area contributed by atoms with Crippen LogP contribution < -0.4 is 11.1 Å². The van der Waals surface area contributed by atoms with E-state index in [0.29, 0.717) is 20.6 Å². The summed E-state index contributed by atoms with van der Waals surface area (Å²) in [5.74, 6) is -1.16. The predicted octanol–water partition coefficient (Wildman–Crippen LogP) is 4.50. The number of anilines is 1. The zero-order valence-electron chi connectivity index (χ0n) is 10.6. The Morgan fingerprint density at radius 3 is 2.48 bits per heavy atom. The normalized spacial score (nSPS) is 10.5. The third kappa shape index (κ3) is 3.59. The van der Waals surface area contributed by atoms with Crippen LogP contribution in [0.25, 0.3) is 0 Å². The molecule has 7 heteroatoms. The first-order valence-electron chi connectivity index (χ1n) is 5.85. The molecule has 3 nitrogen and oxygen atoms in total. The Morgan fingerprint density at radius 1 is 1.14 bits per heavy atom. The zero-order valence-corrected chi connectivity index (χ0v) is 12.9. The smallest absolute Gasteiger partial charge is 0.248 e. The van der Waals surface area contributed by atoms with E-state index in [4.69, 9.17) is 40.5 Å². The molecule has 3 N–H and O–H groups in total. The van der Waals surface area contributed by atoms with E-state index in [1.165, 1.54) is 12.1 Å². The molecule has 2 rings (SSSR count). The van der Waals surface area contributed by atoms with Crippen LogP contribution in [0.15, 0.2) is 30.3 Å². The Hall–Kier alpha value is -1.49. The maximum Gasteiger partial charge on any atom is 0.248 e. The first-order valence-corrected chi connectivity index (χ1v) is 6.99. The Labute approximate surface area is 135 Å². The molecular formula is C14H10Cl3FN2O. The second-order valence-electron chi connectivity index (χ2n) is 4.23.